The lowest BCUT2D eigenvalue weighted by molar-refractivity contribution is 0.0973. The second-order valence-electron chi connectivity index (χ2n) is 3.41. The van der Waals surface area contributed by atoms with Gasteiger partial charge in [0.15, 0.2) is 0 Å². The molecule has 0 unspecified atom stereocenters. The van der Waals surface area contributed by atoms with Crippen molar-refractivity contribution in [3.8, 4) is 0 Å². The Morgan fingerprint density at radius 3 is 3.06 bits per heavy atom. The van der Waals surface area contributed by atoms with Gasteiger partial charge in [0, 0.05) is 13.2 Å². The first-order valence-corrected chi connectivity index (χ1v) is 4.70. The Bertz CT molecular complexity index is 460. The van der Waals surface area contributed by atoms with E-state index in [0.717, 1.165) is 0 Å². The second kappa shape index (κ2) is 4.05. The number of carbonyl (C=O) groups is 1. The first-order valence-electron chi connectivity index (χ1n) is 4.70. The maximum absolute atomic E-state index is 11.7. The number of nitrogens with one attached hydrogen (secondary N) is 2. The average Bonchev–Trinajstić information content (AvgIpc) is 2.68. The maximum Gasteiger partial charge on any atom is 0.276 e. The van der Waals surface area contributed by atoms with Crippen molar-refractivity contribution in [2.75, 3.05) is 19.5 Å². The van der Waals surface area contributed by atoms with Crippen LogP contribution in [-0.4, -0.2) is 40.6 Å². The van der Waals surface area contributed by atoms with Gasteiger partial charge >= 0.3 is 0 Å². The molecule has 16 heavy (non-hydrogen) atoms. The van der Waals surface area contributed by atoms with Crippen LogP contribution >= 0.6 is 0 Å². The Hall–Kier alpha value is -2.31. The van der Waals surface area contributed by atoms with E-state index in [1.54, 1.807) is 6.08 Å². The second-order valence-corrected chi connectivity index (χ2v) is 3.41. The van der Waals surface area contributed by atoms with E-state index in [2.05, 4.69) is 20.5 Å². The molecule has 1 amide bonds. The zero-order chi connectivity index (χ0) is 11.5. The molecule has 0 radical (unpaired) electrons. The Balaban J connectivity index is 2.04. The van der Waals surface area contributed by atoms with Crippen LogP contribution in [0.2, 0.25) is 0 Å². The SMILES string of the molecule is CN1C=CC(NC(=O)c2[nH]ncc2N)=NC1. The Morgan fingerprint density at radius 1 is 1.69 bits per heavy atom. The van der Waals surface area contributed by atoms with E-state index in [0.29, 0.717) is 18.2 Å². The molecule has 1 aliphatic heterocycles. The molecule has 1 aliphatic rings. The molecule has 2 rings (SSSR count). The third-order valence-corrected chi connectivity index (χ3v) is 2.09. The molecule has 0 atom stereocenters. The van der Waals surface area contributed by atoms with E-state index in [4.69, 9.17) is 5.73 Å². The fourth-order valence-corrected chi connectivity index (χ4v) is 1.22. The van der Waals surface area contributed by atoms with Gasteiger partial charge in [0.25, 0.3) is 5.91 Å². The predicted octanol–water partition coefficient (Wildman–Crippen LogP) is -0.463. The number of nitrogen functional groups attached to an aromatic ring is 1. The number of amidine groups is 1. The average molecular weight is 220 g/mol. The standard InChI is InChI=1S/C9H12N6O/c1-15-3-2-7(11-5-15)13-9(16)8-6(10)4-12-14-8/h2-4H,5,10H2,1H3,(H,12,14)(H,11,13,16). The Morgan fingerprint density at radius 2 is 2.50 bits per heavy atom. The lowest BCUT2D eigenvalue weighted by Gasteiger charge is -2.16. The van der Waals surface area contributed by atoms with Gasteiger partial charge < -0.3 is 16.0 Å². The molecule has 1 aromatic heterocycles. The number of amides is 1. The number of H-pyrrole nitrogens is 1. The van der Waals surface area contributed by atoms with Crippen molar-refractivity contribution >= 4 is 17.4 Å². The van der Waals surface area contributed by atoms with Crippen LogP contribution in [0.25, 0.3) is 0 Å². The fourth-order valence-electron chi connectivity index (χ4n) is 1.22. The van der Waals surface area contributed by atoms with Gasteiger partial charge in [-0.05, 0) is 6.08 Å². The third-order valence-electron chi connectivity index (χ3n) is 2.09. The summed E-state index contributed by atoms with van der Waals surface area (Å²) in [6.07, 6.45) is 4.94. The molecule has 0 saturated carbocycles. The number of nitrogens with zero attached hydrogens (tertiary/aromatic N) is 3. The summed E-state index contributed by atoms with van der Waals surface area (Å²) in [6.45, 7) is 0.518. The highest BCUT2D eigenvalue weighted by Gasteiger charge is 2.13. The highest BCUT2D eigenvalue weighted by Crippen LogP contribution is 2.05. The molecule has 7 nitrogen and oxygen atoms in total. The Kier molecular flexibility index (Phi) is 2.59. The highest BCUT2D eigenvalue weighted by molar-refractivity contribution is 6.11. The molecule has 0 bridgehead atoms. The first kappa shape index (κ1) is 10.2. The molecule has 1 aromatic rings. The minimum absolute atomic E-state index is 0.245. The van der Waals surface area contributed by atoms with Crippen molar-refractivity contribution in [1.82, 2.24) is 20.4 Å². The third kappa shape index (κ3) is 2.02. The lowest BCUT2D eigenvalue weighted by Crippen LogP contribution is -2.33. The van der Waals surface area contributed by atoms with E-state index >= 15 is 0 Å². The molecule has 0 aliphatic carbocycles. The topological polar surface area (TPSA) is 99.4 Å². The number of rotatable bonds is 1. The van der Waals surface area contributed by atoms with E-state index < -0.39 is 0 Å². The van der Waals surface area contributed by atoms with Crippen molar-refractivity contribution in [2.45, 2.75) is 0 Å². The molecule has 0 saturated heterocycles. The number of aliphatic imine (C=N–C) groups is 1. The molecule has 7 heteroatoms. The molecular weight excluding hydrogens is 208 g/mol. The largest absolute Gasteiger partial charge is 0.396 e. The molecule has 84 valence electrons. The van der Waals surface area contributed by atoms with Gasteiger partial charge in [-0.25, -0.2) is 4.99 Å². The number of carbonyl (C=O) groups excluding carboxylic acids is 1. The first-order chi connectivity index (χ1) is 7.66. The zero-order valence-electron chi connectivity index (χ0n) is 8.77. The van der Waals surface area contributed by atoms with E-state index in [-0.39, 0.29) is 11.6 Å². The van der Waals surface area contributed by atoms with Crippen LogP contribution in [0.15, 0.2) is 23.5 Å². The van der Waals surface area contributed by atoms with E-state index in [1.165, 1.54) is 6.20 Å². The summed E-state index contributed by atoms with van der Waals surface area (Å²) in [4.78, 5) is 17.7. The van der Waals surface area contributed by atoms with Gasteiger partial charge in [0.05, 0.1) is 11.9 Å². The van der Waals surface area contributed by atoms with Gasteiger partial charge in [-0.2, -0.15) is 5.10 Å². The number of hydrogen-bond acceptors (Lipinski definition) is 5. The summed E-state index contributed by atoms with van der Waals surface area (Å²) in [6, 6.07) is 0. The van der Waals surface area contributed by atoms with Crippen molar-refractivity contribution in [3.63, 3.8) is 0 Å². The number of nitrogens with two attached hydrogens (primary N) is 1. The summed E-state index contributed by atoms with van der Waals surface area (Å²) < 4.78 is 0. The van der Waals surface area contributed by atoms with Crippen molar-refractivity contribution in [1.29, 1.82) is 0 Å². The van der Waals surface area contributed by atoms with E-state index in [9.17, 15) is 4.79 Å². The van der Waals surface area contributed by atoms with E-state index in [1.807, 2.05) is 18.1 Å². The van der Waals surface area contributed by atoms with Gasteiger partial charge in [0.1, 0.15) is 18.2 Å². The van der Waals surface area contributed by atoms with Crippen LogP contribution in [0.5, 0.6) is 0 Å². The molecule has 2 heterocycles. The van der Waals surface area contributed by atoms with Crippen LogP contribution < -0.4 is 11.1 Å². The summed E-state index contributed by atoms with van der Waals surface area (Å²) in [5.74, 6) is 0.167. The molecule has 4 N–H and O–H groups in total. The molecule has 0 spiro atoms. The maximum atomic E-state index is 11.7. The van der Waals surface area contributed by atoms with Crippen molar-refractivity contribution in [3.05, 3.63) is 24.2 Å². The van der Waals surface area contributed by atoms with Crippen LogP contribution in [0.1, 0.15) is 10.5 Å². The molecule has 0 fully saturated rings. The van der Waals surface area contributed by atoms with Gasteiger partial charge in [-0.15, -0.1) is 0 Å². The zero-order valence-corrected chi connectivity index (χ0v) is 8.77. The fraction of sp³-hybridized carbons (Fsp3) is 0.222. The van der Waals surface area contributed by atoms with Gasteiger partial charge in [-0.1, -0.05) is 0 Å². The number of aromatic nitrogens is 2. The van der Waals surface area contributed by atoms with Crippen molar-refractivity contribution in [2.24, 2.45) is 4.99 Å². The highest BCUT2D eigenvalue weighted by atomic mass is 16.2. The Labute approximate surface area is 92.0 Å². The summed E-state index contributed by atoms with van der Waals surface area (Å²) in [7, 11) is 1.89. The summed E-state index contributed by atoms with van der Waals surface area (Å²) in [5, 5.41) is 8.83. The monoisotopic (exact) mass is 220 g/mol. The van der Waals surface area contributed by atoms with Gasteiger partial charge in [-0.3, -0.25) is 9.89 Å². The van der Waals surface area contributed by atoms with Crippen LogP contribution in [0.3, 0.4) is 0 Å². The lowest BCUT2D eigenvalue weighted by atomic mass is 10.3. The van der Waals surface area contributed by atoms with Crippen LogP contribution in [0.4, 0.5) is 5.69 Å². The summed E-state index contributed by atoms with van der Waals surface area (Å²) >= 11 is 0. The number of anilines is 1. The van der Waals surface area contributed by atoms with Gasteiger partial charge in [0.2, 0.25) is 0 Å². The molecule has 0 aromatic carbocycles. The minimum Gasteiger partial charge on any atom is -0.396 e. The smallest absolute Gasteiger partial charge is 0.276 e. The van der Waals surface area contributed by atoms with Crippen LogP contribution in [-0.2, 0) is 0 Å². The summed E-state index contributed by atoms with van der Waals surface area (Å²) in [5.41, 5.74) is 6.11. The molecular formula is C9H12N6O. The van der Waals surface area contributed by atoms with Crippen LogP contribution in [0, 0.1) is 0 Å². The quantitative estimate of drug-likeness (QED) is 0.596. The normalized spacial score (nSPS) is 14.8. The number of hydrogen-bond donors (Lipinski definition) is 3. The van der Waals surface area contributed by atoms with Crippen molar-refractivity contribution < 1.29 is 4.79 Å². The predicted molar refractivity (Wildman–Crippen MR) is 59.7 cm³/mol. The minimum atomic E-state index is -0.344. The number of aromatic amines is 1.